The Bertz CT molecular complexity index is 1240. The normalized spacial score (nSPS) is 18.1. The number of aryl methyl sites for hydroxylation is 1. The van der Waals surface area contributed by atoms with Gasteiger partial charge in [-0.15, -0.1) is 0 Å². The van der Waals surface area contributed by atoms with Gasteiger partial charge >= 0.3 is 0 Å². The number of rotatable bonds is 7. The molecule has 192 valence electrons. The Hall–Kier alpha value is -2.70. The van der Waals surface area contributed by atoms with Crippen molar-refractivity contribution in [1.82, 2.24) is 14.4 Å². The number of carbonyl (C=O) groups is 1. The van der Waals surface area contributed by atoms with Gasteiger partial charge in [0, 0.05) is 45.8 Å². The fourth-order valence-electron chi connectivity index (χ4n) is 5.52. The third kappa shape index (κ3) is 5.35. The highest BCUT2D eigenvalue weighted by molar-refractivity contribution is 6.32. The molecule has 1 unspecified atom stereocenters. The Morgan fingerprint density at radius 1 is 1.19 bits per heavy atom. The van der Waals surface area contributed by atoms with Gasteiger partial charge in [0.25, 0.3) is 0 Å². The summed E-state index contributed by atoms with van der Waals surface area (Å²) in [4.78, 5) is 18.2. The second-order valence-corrected chi connectivity index (χ2v) is 11.0. The van der Waals surface area contributed by atoms with Crippen molar-refractivity contribution >= 4 is 28.4 Å². The van der Waals surface area contributed by atoms with Crippen LogP contribution < -0.4 is 9.47 Å². The van der Waals surface area contributed by atoms with Crippen molar-refractivity contribution in [3.63, 3.8) is 0 Å². The van der Waals surface area contributed by atoms with E-state index in [1.807, 2.05) is 17.0 Å². The topological polar surface area (TPSA) is 46.9 Å². The number of fused-ring (bicyclic) bond motifs is 2. The molecular weight excluding hydrogens is 474 g/mol. The van der Waals surface area contributed by atoms with Gasteiger partial charge in [-0.1, -0.05) is 43.6 Å². The number of benzene rings is 2. The lowest BCUT2D eigenvalue weighted by Gasteiger charge is -2.28. The fourth-order valence-corrected chi connectivity index (χ4v) is 5.80. The van der Waals surface area contributed by atoms with Crippen molar-refractivity contribution in [3.05, 3.63) is 58.7 Å². The molecule has 6 nitrogen and oxygen atoms in total. The quantitative estimate of drug-likeness (QED) is 0.422. The van der Waals surface area contributed by atoms with Crippen LogP contribution in [0.3, 0.4) is 0 Å². The number of nitrogens with zero attached hydrogens (tertiary/aromatic N) is 3. The van der Waals surface area contributed by atoms with Gasteiger partial charge in [-0.2, -0.15) is 0 Å². The molecule has 1 aromatic heterocycles. The van der Waals surface area contributed by atoms with Crippen LogP contribution >= 0.6 is 11.6 Å². The molecule has 7 heteroatoms. The fraction of sp³-hybridized carbons (Fsp3) is 0.483. The first-order valence-electron chi connectivity index (χ1n) is 13.0. The van der Waals surface area contributed by atoms with Gasteiger partial charge in [-0.3, -0.25) is 9.69 Å². The van der Waals surface area contributed by atoms with Crippen LogP contribution in [0.1, 0.15) is 37.8 Å². The van der Waals surface area contributed by atoms with Crippen LogP contribution in [0.25, 0.3) is 10.9 Å². The third-order valence-corrected chi connectivity index (χ3v) is 7.41. The van der Waals surface area contributed by atoms with Crippen LogP contribution in [0.2, 0.25) is 5.02 Å². The second-order valence-electron chi connectivity index (χ2n) is 10.6. The molecule has 1 amide bonds. The van der Waals surface area contributed by atoms with E-state index in [0.717, 1.165) is 38.0 Å². The highest BCUT2D eigenvalue weighted by atomic mass is 35.5. The first kappa shape index (κ1) is 25.0. The van der Waals surface area contributed by atoms with Gasteiger partial charge in [0.2, 0.25) is 5.91 Å². The second kappa shape index (κ2) is 10.7. The molecule has 0 radical (unpaired) electrons. The lowest BCUT2D eigenvalue weighted by molar-refractivity contribution is -0.136. The van der Waals surface area contributed by atoms with Crippen molar-refractivity contribution < 1.29 is 14.3 Å². The number of halogens is 1. The number of carbonyl (C=O) groups excluding carboxylic acids is 1. The van der Waals surface area contributed by atoms with E-state index in [4.69, 9.17) is 21.1 Å². The van der Waals surface area contributed by atoms with Crippen molar-refractivity contribution in [2.45, 2.75) is 39.8 Å². The SMILES string of the molecule is CC(C)CN(Cc1cc(Cl)c2c(c1)OCCCO2)C(=O)C1CCN(Cc2cccc3ccn(C)c23)C1. The average molecular weight is 510 g/mol. The van der Waals surface area contributed by atoms with E-state index in [0.29, 0.717) is 48.7 Å². The Morgan fingerprint density at radius 2 is 2.03 bits per heavy atom. The van der Waals surface area contributed by atoms with E-state index in [1.54, 1.807) is 0 Å². The monoisotopic (exact) mass is 509 g/mol. The Balaban J connectivity index is 1.29. The van der Waals surface area contributed by atoms with Crippen LogP contribution in [-0.2, 0) is 24.9 Å². The number of hydrogen-bond donors (Lipinski definition) is 0. The van der Waals surface area contributed by atoms with E-state index >= 15 is 0 Å². The molecule has 1 fully saturated rings. The Morgan fingerprint density at radius 3 is 2.86 bits per heavy atom. The summed E-state index contributed by atoms with van der Waals surface area (Å²) in [6.07, 6.45) is 3.83. The summed E-state index contributed by atoms with van der Waals surface area (Å²) in [5.41, 5.74) is 3.57. The van der Waals surface area contributed by atoms with Gasteiger partial charge in [0.15, 0.2) is 11.5 Å². The number of amides is 1. The average Bonchev–Trinajstić information content (AvgIpc) is 3.38. The molecule has 0 N–H and O–H groups in total. The van der Waals surface area contributed by atoms with E-state index in [2.05, 4.69) is 60.8 Å². The van der Waals surface area contributed by atoms with Crippen molar-refractivity contribution in [2.75, 3.05) is 32.8 Å². The zero-order valence-electron chi connectivity index (χ0n) is 21.5. The summed E-state index contributed by atoms with van der Waals surface area (Å²) in [5.74, 6) is 1.89. The molecule has 0 bridgehead atoms. The van der Waals surface area contributed by atoms with E-state index in [-0.39, 0.29) is 11.8 Å². The first-order valence-corrected chi connectivity index (χ1v) is 13.4. The maximum absolute atomic E-state index is 13.7. The zero-order chi connectivity index (χ0) is 25.2. The first-order chi connectivity index (χ1) is 17.4. The number of hydrogen-bond acceptors (Lipinski definition) is 4. The molecule has 0 spiro atoms. The lowest BCUT2D eigenvalue weighted by Crippen LogP contribution is -2.39. The molecule has 0 aliphatic carbocycles. The number of likely N-dealkylation sites (tertiary alicyclic amines) is 1. The molecule has 5 rings (SSSR count). The van der Waals surface area contributed by atoms with E-state index < -0.39 is 0 Å². The largest absolute Gasteiger partial charge is 0.489 e. The molecule has 1 atom stereocenters. The minimum Gasteiger partial charge on any atom is -0.489 e. The summed E-state index contributed by atoms with van der Waals surface area (Å²) in [6.45, 7) is 9.33. The summed E-state index contributed by atoms with van der Waals surface area (Å²) in [5, 5.41) is 1.81. The highest BCUT2D eigenvalue weighted by Gasteiger charge is 2.32. The molecule has 1 saturated heterocycles. The maximum atomic E-state index is 13.7. The molecule has 3 heterocycles. The Labute approximate surface area is 218 Å². The number of aromatic nitrogens is 1. The minimum atomic E-state index is 0.00671. The predicted molar refractivity (Wildman–Crippen MR) is 144 cm³/mol. The summed E-state index contributed by atoms with van der Waals surface area (Å²) in [7, 11) is 2.10. The standard InChI is InChI=1S/C29H36ClN3O3/c1-20(2)16-33(17-21-14-25(30)28-26(15-21)35-12-5-13-36-28)29(34)24-9-11-32(19-24)18-23-7-4-6-22-8-10-31(3)27(22)23/h4,6-8,10,14-15,20,24H,5,9,11-13,16-19H2,1-3H3. The van der Waals surface area contributed by atoms with Crippen LogP contribution in [0.4, 0.5) is 0 Å². The molecule has 2 aliphatic heterocycles. The molecule has 36 heavy (non-hydrogen) atoms. The number of ether oxygens (including phenoxy) is 2. The van der Waals surface area contributed by atoms with Gasteiger partial charge in [-0.05, 0) is 53.6 Å². The predicted octanol–water partition coefficient (Wildman–Crippen LogP) is 5.50. The maximum Gasteiger partial charge on any atom is 0.227 e. The van der Waals surface area contributed by atoms with Gasteiger partial charge < -0.3 is 18.9 Å². The van der Waals surface area contributed by atoms with E-state index in [1.165, 1.54) is 16.5 Å². The molecule has 2 aromatic carbocycles. The molecular formula is C29H36ClN3O3. The summed E-state index contributed by atoms with van der Waals surface area (Å²) >= 11 is 6.54. The minimum absolute atomic E-state index is 0.00671. The molecule has 0 saturated carbocycles. The van der Waals surface area contributed by atoms with E-state index in [9.17, 15) is 4.79 Å². The zero-order valence-corrected chi connectivity index (χ0v) is 22.3. The van der Waals surface area contributed by atoms with Crippen LogP contribution in [0, 0.1) is 11.8 Å². The summed E-state index contributed by atoms with van der Waals surface area (Å²) in [6, 6.07) is 12.5. The Kier molecular flexibility index (Phi) is 7.44. The van der Waals surface area contributed by atoms with Crippen molar-refractivity contribution in [2.24, 2.45) is 18.9 Å². The van der Waals surface area contributed by atoms with Crippen LogP contribution in [0.15, 0.2) is 42.6 Å². The highest BCUT2D eigenvalue weighted by Crippen LogP contribution is 2.38. The van der Waals surface area contributed by atoms with Gasteiger partial charge in [0.1, 0.15) is 0 Å². The molecule has 2 aliphatic rings. The molecule has 3 aromatic rings. The lowest BCUT2D eigenvalue weighted by atomic mass is 10.0. The van der Waals surface area contributed by atoms with Crippen LogP contribution in [-0.4, -0.2) is 53.1 Å². The van der Waals surface area contributed by atoms with Crippen molar-refractivity contribution in [3.8, 4) is 11.5 Å². The van der Waals surface area contributed by atoms with Crippen molar-refractivity contribution in [1.29, 1.82) is 0 Å². The number of para-hydroxylation sites is 1. The van der Waals surface area contributed by atoms with Crippen LogP contribution in [0.5, 0.6) is 11.5 Å². The summed E-state index contributed by atoms with van der Waals surface area (Å²) < 4.78 is 13.8. The third-order valence-electron chi connectivity index (χ3n) is 7.13. The smallest absolute Gasteiger partial charge is 0.227 e. The van der Waals surface area contributed by atoms with Gasteiger partial charge in [0.05, 0.1) is 29.7 Å². The van der Waals surface area contributed by atoms with Gasteiger partial charge in [-0.25, -0.2) is 0 Å².